The molecule has 1 atom stereocenters. The number of esters is 2. The first-order chi connectivity index (χ1) is 10.6. The second-order valence-corrected chi connectivity index (χ2v) is 5.08. The van der Waals surface area contributed by atoms with Crippen molar-refractivity contribution in [1.82, 2.24) is 0 Å². The molecule has 0 aromatic heterocycles. The zero-order valence-corrected chi connectivity index (χ0v) is 13.5. The molecular formula is C17H24O5. The highest BCUT2D eigenvalue weighted by Crippen LogP contribution is 2.13. The van der Waals surface area contributed by atoms with E-state index in [0.717, 1.165) is 12.8 Å². The maximum absolute atomic E-state index is 12.1. The van der Waals surface area contributed by atoms with E-state index >= 15 is 0 Å². The highest BCUT2D eigenvalue weighted by atomic mass is 16.5. The highest BCUT2D eigenvalue weighted by Gasteiger charge is 2.18. The van der Waals surface area contributed by atoms with Gasteiger partial charge >= 0.3 is 11.9 Å². The average molecular weight is 308 g/mol. The van der Waals surface area contributed by atoms with Gasteiger partial charge < -0.3 is 14.2 Å². The van der Waals surface area contributed by atoms with Crippen molar-refractivity contribution in [3.8, 4) is 0 Å². The molecule has 0 saturated heterocycles. The first-order valence-corrected chi connectivity index (χ1v) is 7.52. The van der Waals surface area contributed by atoms with Gasteiger partial charge in [-0.1, -0.05) is 19.1 Å². The largest absolute Gasteiger partial charge is 0.462 e. The van der Waals surface area contributed by atoms with Crippen molar-refractivity contribution >= 4 is 11.9 Å². The fourth-order valence-corrected chi connectivity index (χ4v) is 1.94. The molecule has 0 spiro atoms. The minimum absolute atomic E-state index is 0.238. The van der Waals surface area contributed by atoms with E-state index in [9.17, 15) is 9.59 Å². The molecule has 1 aromatic carbocycles. The summed E-state index contributed by atoms with van der Waals surface area (Å²) in [6.07, 6.45) is 1.68. The molecule has 0 N–H and O–H groups in total. The lowest BCUT2D eigenvalue weighted by atomic mass is 10.1. The van der Waals surface area contributed by atoms with Gasteiger partial charge in [0.1, 0.15) is 0 Å². The smallest absolute Gasteiger partial charge is 0.339 e. The maximum Gasteiger partial charge on any atom is 0.339 e. The number of ether oxygens (including phenoxy) is 3. The van der Waals surface area contributed by atoms with E-state index in [1.54, 1.807) is 38.3 Å². The summed E-state index contributed by atoms with van der Waals surface area (Å²) in [4.78, 5) is 23.9. The van der Waals surface area contributed by atoms with Crippen LogP contribution >= 0.6 is 0 Å². The van der Waals surface area contributed by atoms with Crippen molar-refractivity contribution in [2.75, 3.05) is 26.9 Å². The molecule has 0 aliphatic heterocycles. The Hall–Kier alpha value is -1.88. The molecule has 0 amide bonds. The average Bonchev–Trinajstić information content (AvgIpc) is 2.53. The first kappa shape index (κ1) is 18.2. The summed E-state index contributed by atoms with van der Waals surface area (Å²) in [5.74, 6) is -0.598. The molecule has 22 heavy (non-hydrogen) atoms. The zero-order chi connectivity index (χ0) is 16.4. The molecule has 1 rings (SSSR count). The van der Waals surface area contributed by atoms with Crippen molar-refractivity contribution in [3.63, 3.8) is 0 Å². The van der Waals surface area contributed by atoms with Crippen LogP contribution < -0.4 is 0 Å². The standard InChI is InChI=1S/C17H24O5/c1-4-21-16(18)14-7-5-6-8-15(14)17(19)22-12-10-13(2)9-11-20-3/h5-8,13H,4,9-12H2,1-3H3. The van der Waals surface area contributed by atoms with Crippen molar-refractivity contribution in [1.29, 1.82) is 0 Å². The second-order valence-electron chi connectivity index (χ2n) is 5.08. The summed E-state index contributed by atoms with van der Waals surface area (Å²) in [7, 11) is 1.67. The minimum Gasteiger partial charge on any atom is -0.462 e. The predicted octanol–water partition coefficient (Wildman–Crippen LogP) is 3.08. The third-order valence-electron chi connectivity index (χ3n) is 3.30. The van der Waals surface area contributed by atoms with Crippen LogP contribution in [0.25, 0.3) is 0 Å². The molecule has 5 heteroatoms. The van der Waals surface area contributed by atoms with Crippen LogP contribution in [0.15, 0.2) is 24.3 Å². The maximum atomic E-state index is 12.1. The van der Waals surface area contributed by atoms with Gasteiger partial charge in [-0.3, -0.25) is 0 Å². The van der Waals surface area contributed by atoms with Gasteiger partial charge in [0, 0.05) is 13.7 Å². The van der Waals surface area contributed by atoms with Gasteiger partial charge in [0.2, 0.25) is 0 Å². The summed E-state index contributed by atoms with van der Waals surface area (Å²) in [5, 5.41) is 0. The third-order valence-corrected chi connectivity index (χ3v) is 3.30. The molecule has 0 bridgehead atoms. The van der Waals surface area contributed by atoms with E-state index in [4.69, 9.17) is 14.2 Å². The Kier molecular flexibility index (Phi) is 8.22. The Morgan fingerprint density at radius 2 is 1.55 bits per heavy atom. The summed E-state index contributed by atoms with van der Waals surface area (Å²) < 4.78 is 15.2. The summed E-state index contributed by atoms with van der Waals surface area (Å²) >= 11 is 0. The van der Waals surface area contributed by atoms with Gasteiger partial charge in [-0.25, -0.2) is 9.59 Å². The minimum atomic E-state index is -0.511. The first-order valence-electron chi connectivity index (χ1n) is 7.52. The fourth-order valence-electron chi connectivity index (χ4n) is 1.94. The molecule has 1 aromatic rings. The van der Waals surface area contributed by atoms with Crippen molar-refractivity contribution in [2.45, 2.75) is 26.7 Å². The van der Waals surface area contributed by atoms with Gasteiger partial charge in [0.05, 0.1) is 24.3 Å². The summed E-state index contributed by atoms with van der Waals surface area (Å²) in [5.41, 5.74) is 0.479. The van der Waals surface area contributed by atoms with E-state index in [-0.39, 0.29) is 17.7 Å². The lowest BCUT2D eigenvalue weighted by Crippen LogP contribution is -2.15. The van der Waals surface area contributed by atoms with Crippen molar-refractivity contribution < 1.29 is 23.8 Å². The quantitative estimate of drug-likeness (QED) is 0.656. The Morgan fingerprint density at radius 1 is 1.00 bits per heavy atom. The van der Waals surface area contributed by atoms with Crippen LogP contribution in [0.4, 0.5) is 0 Å². The van der Waals surface area contributed by atoms with Crippen LogP contribution in [-0.4, -0.2) is 38.9 Å². The summed E-state index contributed by atoms with van der Waals surface area (Å²) in [6.45, 7) is 5.08. The van der Waals surface area contributed by atoms with Crippen molar-refractivity contribution in [2.24, 2.45) is 5.92 Å². The zero-order valence-electron chi connectivity index (χ0n) is 13.5. The number of carbonyl (C=O) groups excluding carboxylic acids is 2. The number of carbonyl (C=O) groups is 2. The lowest BCUT2D eigenvalue weighted by Gasteiger charge is -2.12. The fraction of sp³-hybridized carbons (Fsp3) is 0.529. The van der Waals surface area contributed by atoms with E-state index in [0.29, 0.717) is 19.1 Å². The van der Waals surface area contributed by atoms with E-state index in [1.165, 1.54) is 0 Å². The Bertz CT molecular complexity index is 484. The monoisotopic (exact) mass is 308 g/mol. The molecule has 0 aliphatic carbocycles. The number of hydrogen-bond donors (Lipinski definition) is 0. The van der Waals surface area contributed by atoms with E-state index in [1.807, 2.05) is 0 Å². The molecule has 0 heterocycles. The molecular weight excluding hydrogens is 284 g/mol. The number of rotatable bonds is 9. The van der Waals surface area contributed by atoms with Crippen LogP contribution in [0.1, 0.15) is 47.4 Å². The van der Waals surface area contributed by atoms with E-state index < -0.39 is 11.9 Å². The summed E-state index contributed by atoms with van der Waals surface area (Å²) in [6, 6.07) is 6.52. The van der Waals surface area contributed by atoms with Crippen LogP contribution in [0, 0.1) is 5.92 Å². The SMILES string of the molecule is CCOC(=O)c1ccccc1C(=O)OCCC(C)CCOC. The van der Waals surface area contributed by atoms with Gasteiger partial charge in [-0.05, 0) is 37.8 Å². The highest BCUT2D eigenvalue weighted by molar-refractivity contribution is 6.03. The van der Waals surface area contributed by atoms with Crippen LogP contribution in [0.5, 0.6) is 0 Å². The number of methoxy groups -OCH3 is 1. The molecule has 0 radical (unpaired) electrons. The Labute approximate surface area is 131 Å². The van der Waals surface area contributed by atoms with Crippen LogP contribution in [-0.2, 0) is 14.2 Å². The predicted molar refractivity (Wildman–Crippen MR) is 83.0 cm³/mol. The van der Waals surface area contributed by atoms with Gasteiger partial charge in [-0.15, -0.1) is 0 Å². The van der Waals surface area contributed by atoms with Crippen LogP contribution in [0.2, 0.25) is 0 Å². The number of hydrogen-bond acceptors (Lipinski definition) is 5. The Morgan fingerprint density at radius 3 is 2.09 bits per heavy atom. The van der Waals surface area contributed by atoms with Gasteiger partial charge in [-0.2, -0.15) is 0 Å². The number of benzene rings is 1. The second kappa shape index (κ2) is 9.95. The molecule has 0 saturated carbocycles. The molecule has 0 fully saturated rings. The van der Waals surface area contributed by atoms with E-state index in [2.05, 4.69) is 6.92 Å². The lowest BCUT2D eigenvalue weighted by molar-refractivity contribution is 0.0449. The molecule has 0 aliphatic rings. The molecule has 5 nitrogen and oxygen atoms in total. The van der Waals surface area contributed by atoms with Gasteiger partial charge in [0.25, 0.3) is 0 Å². The topological polar surface area (TPSA) is 61.8 Å². The third kappa shape index (κ3) is 5.85. The molecule has 122 valence electrons. The normalized spacial score (nSPS) is 11.8. The van der Waals surface area contributed by atoms with Crippen molar-refractivity contribution in [3.05, 3.63) is 35.4 Å². The molecule has 1 unspecified atom stereocenters. The Balaban J connectivity index is 2.57. The van der Waals surface area contributed by atoms with Crippen LogP contribution in [0.3, 0.4) is 0 Å². The van der Waals surface area contributed by atoms with Gasteiger partial charge in [0.15, 0.2) is 0 Å².